The van der Waals surface area contributed by atoms with E-state index >= 15 is 0 Å². The van der Waals surface area contributed by atoms with Crippen LogP contribution in [0.2, 0.25) is 5.02 Å². The van der Waals surface area contributed by atoms with Gasteiger partial charge in [0.25, 0.3) is 5.91 Å². The fourth-order valence-corrected chi connectivity index (χ4v) is 2.34. The molecule has 2 aromatic rings. The van der Waals surface area contributed by atoms with Crippen molar-refractivity contribution >= 4 is 39.3 Å². The lowest BCUT2D eigenvalue weighted by Crippen LogP contribution is -2.41. The third kappa shape index (κ3) is 5.86. The quantitative estimate of drug-likeness (QED) is 0.562. The van der Waals surface area contributed by atoms with Gasteiger partial charge in [0.2, 0.25) is 5.91 Å². The summed E-state index contributed by atoms with van der Waals surface area (Å²) >= 11 is 9.26. The molecule has 5 nitrogen and oxygen atoms in total. The van der Waals surface area contributed by atoms with E-state index in [0.29, 0.717) is 23.6 Å². The first-order valence-electron chi connectivity index (χ1n) is 7.28. The van der Waals surface area contributed by atoms with E-state index in [1.54, 1.807) is 24.3 Å². The van der Waals surface area contributed by atoms with Gasteiger partial charge in [-0.3, -0.25) is 20.4 Å². The highest BCUT2D eigenvalue weighted by Crippen LogP contribution is 2.16. The van der Waals surface area contributed by atoms with Gasteiger partial charge < -0.3 is 4.74 Å². The first kappa shape index (κ1) is 18.3. The smallest absolute Gasteiger partial charge is 0.271 e. The highest BCUT2D eigenvalue weighted by atomic mass is 79.9. The Labute approximate surface area is 153 Å². The zero-order valence-electron chi connectivity index (χ0n) is 12.7. The minimum absolute atomic E-state index is 0.235. The van der Waals surface area contributed by atoms with Crippen LogP contribution in [-0.4, -0.2) is 18.4 Å². The maximum atomic E-state index is 11.9. The van der Waals surface area contributed by atoms with E-state index in [9.17, 15) is 9.59 Å². The van der Waals surface area contributed by atoms with Crippen molar-refractivity contribution in [2.75, 3.05) is 6.61 Å². The summed E-state index contributed by atoms with van der Waals surface area (Å²) in [5, 5.41) is 0.326. The summed E-state index contributed by atoms with van der Waals surface area (Å²) in [6.07, 6.45) is 0.767. The maximum Gasteiger partial charge on any atom is 0.271 e. The zero-order valence-corrected chi connectivity index (χ0v) is 15.1. The van der Waals surface area contributed by atoms with Crippen molar-refractivity contribution in [3.05, 3.63) is 63.6 Å². The molecule has 0 unspecified atom stereocenters. The van der Waals surface area contributed by atoms with Crippen LogP contribution in [0.3, 0.4) is 0 Å². The monoisotopic (exact) mass is 410 g/mol. The molecule has 24 heavy (non-hydrogen) atoms. The van der Waals surface area contributed by atoms with Gasteiger partial charge in [-0.05, 0) is 42.8 Å². The Morgan fingerprint density at radius 1 is 1.04 bits per heavy atom. The summed E-state index contributed by atoms with van der Waals surface area (Å²) in [5.41, 5.74) is 4.99. The number of rotatable bonds is 6. The Morgan fingerprint density at radius 2 is 1.75 bits per heavy atom. The molecule has 2 rings (SSSR count). The Hall–Kier alpha value is -2.05. The Kier molecular flexibility index (Phi) is 7.08. The molecule has 0 saturated carbocycles. The first-order chi connectivity index (χ1) is 11.6. The van der Waals surface area contributed by atoms with Crippen molar-refractivity contribution < 1.29 is 14.3 Å². The predicted molar refractivity (Wildman–Crippen MR) is 95.9 cm³/mol. The molecule has 0 aliphatic carbocycles. The lowest BCUT2D eigenvalue weighted by atomic mass is 10.2. The summed E-state index contributed by atoms with van der Waals surface area (Å²) in [5.74, 6) is -0.0134. The lowest BCUT2D eigenvalue weighted by Gasteiger charge is -2.09. The molecule has 126 valence electrons. The molecule has 0 aliphatic heterocycles. The van der Waals surface area contributed by atoms with E-state index in [0.717, 1.165) is 10.2 Å². The summed E-state index contributed by atoms with van der Waals surface area (Å²) in [7, 11) is 0. The van der Waals surface area contributed by atoms with E-state index in [2.05, 4.69) is 26.8 Å². The van der Waals surface area contributed by atoms with Crippen LogP contribution in [0.25, 0.3) is 0 Å². The van der Waals surface area contributed by atoms with Gasteiger partial charge in [-0.15, -0.1) is 0 Å². The predicted octanol–water partition coefficient (Wildman–Crippen LogP) is 3.72. The number of ether oxygens (including phenoxy) is 1. The maximum absolute atomic E-state index is 11.9. The van der Waals surface area contributed by atoms with Crippen LogP contribution in [0.15, 0.2) is 53.0 Å². The van der Waals surface area contributed by atoms with Crippen molar-refractivity contribution in [3.63, 3.8) is 0 Å². The van der Waals surface area contributed by atoms with Crippen LogP contribution < -0.4 is 15.6 Å². The number of carbonyl (C=O) groups is 2. The number of carbonyl (C=O) groups excluding carboxylic acids is 2. The molecule has 7 heteroatoms. The molecule has 0 saturated heterocycles. The molecule has 2 amide bonds. The van der Waals surface area contributed by atoms with Gasteiger partial charge in [0.1, 0.15) is 5.75 Å². The molecule has 0 fully saturated rings. The van der Waals surface area contributed by atoms with E-state index in [4.69, 9.17) is 16.3 Å². The number of nitrogens with one attached hydrogen (secondary N) is 2. The standard InChI is InChI=1S/C17H16BrClN2O3/c18-12-7-9-13(10-8-12)24-11-3-6-16(22)20-21-17(23)14-4-1-2-5-15(14)19/h1-2,4-5,7-10H,3,6,11H2,(H,20,22)(H,21,23). The average Bonchev–Trinajstić information content (AvgIpc) is 2.58. The normalized spacial score (nSPS) is 10.1. The van der Waals surface area contributed by atoms with Gasteiger partial charge in [-0.2, -0.15) is 0 Å². The highest BCUT2D eigenvalue weighted by molar-refractivity contribution is 9.10. The third-order valence-corrected chi connectivity index (χ3v) is 3.92. The second-order valence-corrected chi connectivity index (χ2v) is 6.21. The van der Waals surface area contributed by atoms with E-state index in [-0.39, 0.29) is 12.3 Å². The van der Waals surface area contributed by atoms with Crippen molar-refractivity contribution in [2.45, 2.75) is 12.8 Å². The van der Waals surface area contributed by atoms with Gasteiger partial charge in [0.05, 0.1) is 17.2 Å². The minimum Gasteiger partial charge on any atom is -0.494 e. The average molecular weight is 412 g/mol. The second-order valence-electron chi connectivity index (χ2n) is 4.89. The molecule has 0 bridgehead atoms. The van der Waals surface area contributed by atoms with Gasteiger partial charge in [0.15, 0.2) is 0 Å². The molecule has 0 spiro atoms. The van der Waals surface area contributed by atoms with Crippen LogP contribution in [0.5, 0.6) is 5.75 Å². The molecular weight excluding hydrogens is 396 g/mol. The minimum atomic E-state index is -0.458. The Balaban J connectivity index is 1.65. The number of halogens is 2. The summed E-state index contributed by atoms with van der Waals surface area (Å²) in [4.78, 5) is 23.6. The van der Waals surface area contributed by atoms with Crippen molar-refractivity contribution in [1.29, 1.82) is 0 Å². The Bertz CT molecular complexity index is 707. The van der Waals surface area contributed by atoms with Crippen molar-refractivity contribution in [1.82, 2.24) is 10.9 Å². The summed E-state index contributed by atoms with van der Waals surface area (Å²) in [6.45, 7) is 0.410. The second kappa shape index (κ2) is 9.30. The van der Waals surface area contributed by atoms with E-state index in [1.807, 2.05) is 24.3 Å². The molecule has 2 aromatic carbocycles. The molecule has 0 radical (unpaired) electrons. The summed E-state index contributed by atoms with van der Waals surface area (Å²) in [6, 6.07) is 14.1. The molecule has 0 atom stereocenters. The molecule has 0 heterocycles. The van der Waals surface area contributed by atoms with Gasteiger partial charge >= 0.3 is 0 Å². The first-order valence-corrected chi connectivity index (χ1v) is 8.45. The number of hydrogen-bond donors (Lipinski definition) is 2. The summed E-state index contributed by atoms with van der Waals surface area (Å²) < 4.78 is 6.49. The molecule has 2 N–H and O–H groups in total. The highest BCUT2D eigenvalue weighted by Gasteiger charge is 2.10. The molecule has 0 aliphatic rings. The molecular formula is C17H16BrClN2O3. The number of hydrazine groups is 1. The van der Waals surface area contributed by atoms with Crippen molar-refractivity contribution in [3.8, 4) is 5.75 Å². The van der Waals surface area contributed by atoms with Crippen LogP contribution >= 0.6 is 27.5 Å². The van der Waals surface area contributed by atoms with Crippen LogP contribution in [0.1, 0.15) is 23.2 Å². The van der Waals surface area contributed by atoms with Crippen LogP contribution in [0, 0.1) is 0 Å². The van der Waals surface area contributed by atoms with Gasteiger partial charge in [-0.25, -0.2) is 0 Å². The van der Waals surface area contributed by atoms with Gasteiger partial charge in [0, 0.05) is 10.9 Å². The van der Waals surface area contributed by atoms with Gasteiger partial charge in [-0.1, -0.05) is 39.7 Å². The number of benzene rings is 2. The number of hydrogen-bond acceptors (Lipinski definition) is 3. The van der Waals surface area contributed by atoms with E-state index in [1.165, 1.54) is 0 Å². The lowest BCUT2D eigenvalue weighted by molar-refractivity contribution is -0.122. The third-order valence-electron chi connectivity index (χ3n) is 3.06. The zero-order chi connectivity index (χ0) is 17.4. The van der Waals surface area contributed by atoms with Crippen LogP contribution in [-0.2, 0) is 4.79 Å². The fourth-order valence-electron chi connectivity index (χ4n) is 1.86. The number of amides is 2. The largest absolute Gasteiger partial charge is 0.494 e. The van der Waals surface area contributed by atoms with Crippen LogP contribution in [0.4, 0.5) is 0 Å². The van der Waals surface area contributed by atoms with Crippen molar-refractivity contribution in [2.24, 2.45) is 0 Å². The SMILES string of the molecule is O=C(CCCOc1ccc(Br)cc1)NNC(=O)c1ccccc1Cl. The topological polar surface area (TPSA) is 67.4 Å². The molecule has 0 aromatic heterocycles. The fraction of sp³-hybridized carbons (Fsp3) is 0.176. The van der Waals surface area contributed by atoms with E-state index < -0.39 is 5.91 Å². The Morgan fingerprint density at radius 3 is 2.46 bits per heavy atom.